The van der Waals surface area contributed by atoms with Gasteiger partial charge in [-0.15, -0.1) is 0 Å². The van der Waals surface area contributed by atoms with Gasteiger partial charge in [0.1, 0.15) is 11.5 Å². The summed E-state index contributed by atoms with van der Waals surface area (Å²) in [5, 5.41) is 0.185. The van der Waals surface area contributed by atoms with Crippen LogP contribution in [0.25, 0.3) is 0 Å². The minimum absolute atomic E-state index is 0.0209. The summed E-state index contributed by atoms with van der Waals surface area (Å²) < 4.78 is 12.9. The summed E-state index contributed by atoms with van der Waals surface area (Å²) >= 11 is 0. The lowest BCUT2D eigenvalue weighted by Gasteiger charge is -2.38. The molecule has 0 unspecified atom stereocenters. The Morgan fingerprint density at radius 1 is 0.840 bits per heavy atom. The molecule has 0 saturated carbocycles. The molecule has 0 radical (unpaired) electrons. The quantitative estimate of drug-likeness (QED) is 0.423. The SMILES string of the molecule is CC(=O)c1ccc(O[Si](C)(C)C(C)(C)C)cc1O[Si](C)(C)C(C)(C)C. The van der Waals surface area contributed by atoms with Gasteiger partial charge in [-0.2, -0.15) is 0 Å². The van der Waals surface area contributed by atoms with E-state index < -0.39 is 16.6 Å². The molecule has 0 N–H and O–H groups in total. The van der Waals surface area contributed by atoms with Gasteiger partial charge in [0.25, 0.3) is 8.32 Å². The Hall–Kier alpha value is -1.08. The fourth-order valence-corrected chi connectivity index (χ4v) is 3.86. The second-order valence-electron chi connectivity index (χ2n) is 9.94. The fourth-order valence-electron chi connectivity index (χ4n) is 1.82. The summed E-state index contributed by atoms with van der Waals surface area (Å²) in [7, 11) is -3.98. The van der Waals surface area contributed by atoms with Gasteiger partial charge in [0.15, 0.2) is 5.78 Å². The van der Waals surface area contributed by atoms with Gasteiger partial charge in [0.2, 0.25) is 8.32 Å². The van der Waals surface area contributed by atoms with Crippen LogP contribution in [0.15, 0.2) is 18.2 Å². The summed E-state index contributed by atoms with van der Waals surface area (Å²) in [6.07, 6.45) is 0. The molecule has 25 heavy (non-hydrogen) atoms. The van der Waals surface area contributed by atoms with E-state index >= 15 is 0 Å². The van der Waals surface area contributed by atoms with Crippen LogP contribution in [-0.2, 0) is 0 Å². The zero-order chi connectivity index (χ0) is 19.8. The Bertz CT molecular complexity index is 635. The number of carbonyl (C=O) groups excluding carboxylic acids is 1. The van der Waals surface area contributed by atoms with Crippen LogP contribution >= 0.6 is 0 Å². The zero-order valence-electron chi connectivity index (χ0n) is 18.0. The van der Waals surface area contributed by atoms with E-state index in [-0.39, 0.29) is 15.9 Å². The van der Waals surface area contributed by atoms with E-state index in [9.17, 15) is 4.79 Å². The molecule has 0 saturated heterocycles. The molecule has 0 heterocycles. The Labute approximate surface area is 156 Å². The van der Waals surface area contributed by atoms with Crippen molar-refractivity contribution in [3.63, 3.8) is 0 Å². The molecule has 3 nitrogen and oxygen atoms in total. The third-order valence-electron chi connectivity index (χ3n) is 5.68. The summed E-state index contributed by atoms with van der Waals surface area (Å²) in [4.78, 5) is 12.1. The monoisotopic (exact) mass is 380 g/mol. The number of rotatable bonds is 5. The maximum atomic E-state index is 12.1. The minimum atomic E-state index is -2.04. The zero-order valence-corrected chi connectivity index (χ0v) is 20.0. The third kappa shape index (κ3) is 5.20. The number of benzene rings is 1. The molecule has 0 aliphatic carbocycles. The maximum Gasteiger partial charge on any atom is 0.250 e. The molecule has 0 atom stereocenters. The largest absolute Gasteiger partial charge is 0.543 e. The van der Waals surface area contributed by atoms with Crippen LogP contribution in [0.3, 0.4) is 0 Å². The van der Waals surface area contributed by atoms with Gasteiger partial charge in [-0.05, 0) is 55.3 Å². The second-order valence-corrected chi connectivity index (χ2v) is 19.4. The first-order valence-corrected chi connectivity index (χ1v) is 14.8. The number of Topliss-reactive ketones (excluding diaryl/α,β-unsaturated/α-hetero) is 1. The highest BCUT2D eigenvalue weighted by molar-refractivity contribution is 6.75. The first kappa shape index (κ1) is 22.0. The summed E-state index contributed by atoms with van der Waals surface area (Å²) in [5.74, 6) is 1.48. The predicted molar refractivity (Wildman–Crippen MR) is 112 cm³/mol. The van der Waals surface area contributed by atoms with Crippen molar-refractivity contribution in [2.45, 2.75) is 84.7 Å². The lowest BCUT2D eigenvalue weighted by molar-refractivity contribution is 0.101. The van der Waals surface area contributed by atoms with E-state index in [0.29, 0.717) is 11.3 Å². The minimum Gasteiger partial charge on any atom is -0.543 e. The van der Waals surface area contributed by atoms with Crippen molar-refractivity contribution in [2.75, 3.05) is 0 Å². The molecule has 0 aliphatic rings. The normalized spacial score (nSPS) is 13.6. The van der Waals surface area contributed by atoms with Crippen LogP contribution in [-0.4, -0.2) is 22.4 Å². The molecule has 0 spiro atoms. The van der Waals surface area contributed by atoms with Gasteiger partial charge >= 0.3 is 0 Å². The Balaban J connectivity index is 3.30. The molecule has 0 amide bonds. The van der Waals surface area contributed by atoms with E-state index in [0.717, 1.165) is 5.75 Å². The predicted octanol–water partition coefficient (Wildman–Crippen LogP) is 6.66. The lowest BCUT2D eigenvalue weighted by Crippen LogP contribution is -2.44. The highest BCUT2D eigenvalue weighted by Crippen LogP contribution is 2.41. The highest BCUT2D eigenvalue weighted by atomic mass is 28.4. The molecular formula is C20H36O3Si2. The fraction of sp³-hybridized carbons (Fsp3) is 0.650. The molecule has 0 fully saturated rings. The standard InChI is InChI=1S/C20H36O3Si2/c1-15(21)17-13-12-16(22-24(8,9)19(2,3)4)14-18(17)23-25(10,11)20(5,6)7/h12-14H,1-11H3. The number of ketones is 1. The van der Waals surface area contributed by atoms with Crippen LogP contribution in [0, 0.1) is 0 Å². The molecule has 142 valence electrons. The molecule has 1 aromatic carbocycles. The molecule has 0 aliphatic heterocycles. The summed E-state index contributed by atoms with van der Waals surface area (Å²) in [6.45, 7) is 23.7. The van der Waals surface area contributed by atoms with Crippen LogP contribution < -0.4 is 8.85 Å². The van der Waals surface area contributed by atoms with Crippen molar-refractivity contribution >= 4 is 22.4 Å². The molecule has 1 aromatic rings. The van der Waals surface area contributed by atoms with Crippen molar-refractivity contribution in [3.05, 3.63) is 23.8 Å². The van der Waals surface area contributed by atoms with Gasteiger partial charge in [0, 0.05) is 6.07 Å². The molecule has 0 bridgehead atoms. The maximum absolute atomic E-state index is 12.1. The van der Waals surface area contributed by atoms with E-state index in [1.54, 1.807) is 6.92 Å². The summed E-state index contributed by atoms with van der Waals surface area (Å²) in [6, 6.07) is 5.65. The smallest absolute Gasteiger partial charge is 0.250 e. The van der Waals surface area contributed by atoms with Crippen molar-refractivity contribution in [2.24, 2.45) is 0 Å². The first-order chi connectivity index (χ1) is 11.0. The van der Waals surface area contributed by atoms with Gasteiger partial charge in [-0.25, -0.2) is 0 Å². The van der Waals surface area contributed by atoms with E-state index in [1.165, 1.54) is 0 Å². The number of carbonyl (C=O) groups is 1. The molecule has 5 heteroatoms. The van der Waals surface area contributed by atoms with Crippen LogP contribution in [0.4, 0.5) is 0 Å². The third-order valence-corrected chi connectivity index (χ3v) is 14.4. The van der Waals surface area contributed by atoms with Crippen LogP contribution in [0.5, 0.6) is 11.5 Å². The topological polar surface area (TPSA) is 35.5 Å². The van der Waals surface area contributed by atoms with Crippen molar-refractivity contribution in [1.82, 2.24) is 0 Å². The van der Waals surface area contributed by atoms with Crippen molar-refractivity contribution < 1.29 is 13.6 Å². The van der Waals surface area contributed by atoms with Gasteiger partial charge in [-0.1, -0.05) is 41.5 Å². The Morgan fingerprint density at radius 2 is 1.28 bits per heavy atom. The number of hydrogen-bond donors (Lipinski definition) is 0. The average Bonchev–Trinajstić information content (AvgIpc) is 2.34. The van der Waals surface area contributed by atoms with Gasteiger partial charge in [-0.3, -0.25) is 4.79 Å². The average molecular weight is 381 g/mol. The first-order valence-electron chi connectivity index (χ1n) is 9.01. The Morgan fingerprint density at radius 3 is 1.68 bits per heavy atom. The van der Waals surface area contributed by atoms with Gasteiger partial charge in [0.05, 0.1) is 5.56 Å². The molecular weight excluding hydrogens is 344 g/mol. The second kappa shape index (κ2) is 6.91. The van der Waals surface area contributed by atoms with Crippen LogP contribution in [0.2, 0.25) is 36.3 Å². The van der Waals surface area contributed by atoms with Crippen molar-refractivity contribution in [3.8, 4) is 11.5 Å². The molecule has 0 aromatic heterocycles. The lowest BCUT2D eigenvalue weighted by atomic mass is 10.1. The van der Waals surface area contributed by atoms with Gasteiger partial charge < -0.3 is 8.85 Å². The number of hydrogen-bond acceptors (Lipinski definition) is 3. The van der Waals surface area contributed by atoms with E-state index in [1.807, 2.05) is 18.2 Å². The summed E-state index contributed by atoms with van der Waals surface area (Å²) in [5.41, 5.74) is 0.632. The van der Waals surface area contributed by atoms with E-state index in [4.69, 9.17) is 8.85 Å². The van der Waals surface area contributed by atoms with E-state index in [2.05, 4.69) is 67.7 Å². The highest BCUT2D eigenvalue weighted by Gasteiger charge is 2.41. The molecule has 1 rings (SSSR count). The Kier molecular flexibility index (Phi) is 6.07. The van der Waals surface area contributed by atoms with Crippen molar-refractivity contribution in [1.29, 1.82) is 0 Å². The van der Waals surface area contributed by atoms with Crippen LogP contribution in [0.1, 0.15) is 58.8 Å².